The Balaban J connectivity index is 5.04. The Kier molecular flexibility index (Phi) is 8.53. The predicted molar refractivity (Wildman–Crippen MR) is 87.6 cm³/mol. The van der Waals surface area contributed by atoms with Crippen LogP contribution in [0, 0.1) is 5.92 Å². The van der Waals surface area contributed by atoms with Gasteiger partial charge in [0.15, 0.2) is 0 Å². The second-order valence-electron chi connectivity index (χ2n) is 6.28. The van der Waals surface area contributed by atoms with Crippen LogP contribution in [-0.4, -0.2) is 42.3 Å². The molecule has 0 rings (SSSR count). The van der Waals surface area contributed by atoms with E-state index in [2.05, 4.69) is 13.2 Å². The molecule has 22 heavy (non-hydrogen) atoms. The maximum absolute atomic E-state index is 12.2. The van der Waals surface area contributed by atoms with Crippen LogP contribution < -0.4 is 0 Å². The van der Waals surface area contributed by atoms with Gasteiger partial charge in [0.05, 0.1) is 12.5 Å². The van der Waals surface area contributed by atoms with Crippen molar-refractivity contribution in [1.82, 2.24) is 4.90 Å². The van der Waals surface area contributed by atoms with Gasteiger partial charge in [0.2, 0.25) is 0 Å². The molecule has 1 amide bonds. The highest BCUT2D eigenvalue weighted by atomic mass is 16.6. The standard InChI is InChI=1S/C17H29NO4/c1-8-10-18(16(20)22-17(5,6)7)12-14(11-13(3)4)15(19)21-9-2/h8,14H,1,3,9-12H2,2,4-7H3. The fourth-order valence-electron chi connectivity index (χ4n) is 1.88. The molecule has 0 fully saturated rings. The number of hydrogen-bond acceptors (Lipinski definition) is 4. The van der Waals surface area contributed by atoms with Gasteiger partial charge in [0.25, 0.3) is 0 Å². The number of hydrogen-bond donors (Lipinski definition) is 0. The topological polar surface area (TPSA) is 55.8 Å². The molecule has 0 aliphatic rings. The van der Waals surface area contributed by atoms with E-state index < -0.39 is 17.6 Å². The lowest BCUT2D eigenvalue weighted by Gasteiger charge is -2.29. The molecule has 0 aromatic carbocycles. The second-order valence-corrected chi connectivity index (χ2v) is 6.28. The number of ether oxygens (including phenoxy) is 2. The molecule has 0 aliphatic heterocycles. The van der Waals surface area contributed by atoms with Gasteiger partial charge < -0.3 is 14.4 Å². The molecule has 0 N–H and O–H groups in total. The molecule has 0 saturated heterocycles. The minimum Gasteiger partial charge on any atom is -0.466 e. The summed E-state index contributed by atoms with van der Waals surface area (Å²) in [4.78, 5) is 25.8. The van der Waals surface area contributed by atoms with Gasteiger partial charge in [-0.25, -0.2) is 4.79 Å². The average Bonchev–Trinajstić information content (AvgIpc) is 2.34. The van der Waals surface area contributed by atoms with Crippen molar-refractivity contribution in [3.05, 3.63) is 24.8 Å². The van der Waals surface area contributed by atoms with E-state index in [-0.39, 0.29) is 12.5 Å². The first-order valence-corrected chi connectivity index (χ1v) is 7.50. The predicted octanol–water partition coefficient (Wildman–Crippen LogP) is 3.56. The first-order valence-electron chi connectivity index (χ1n) is 7.50. The van der Waals surface area contributed by atoms with Gasteiger partial charge in [0.1, 0.15) is 5.60 Å². The van der Waals surface area contributed by atoms with Crippen LogP contribution in [0.5, 0.6) is 0 Å². The molecular weight excluding hydrogens is 282 g/mol. The third kappa shape index (κ3) is 8.49. The highest BCUT2D eigenvalue weighted by Gasteiger charge is 2.28. The number of carbonyl (C=O) groups is 2. The molecule has 0 aromatic heterocycles. The Morgan fingerprint density at radius 3 is 2.32 bits per heavy atom. The van der Waals surface area contributed by atoms with Crippen molar-refractivity contribution < 1.29 is 19.1 Å². The van der Waals surface area contributed by atoms with Crippen LogP contribution in [-0.2, 0) is 14.3 Å². The number of rotatable bonds is 8. The summed E-state index contributed by atoms with van der Waals surface area (Å²) < 4.78 is 10.4. The van der Waals surface area contributed by atoms with E-state index >= 15 is 0 Å². The van der Waals surface area contributed by atoms with Gasteiger partial charge in [-0.2, -0.15) is 0 Å². The number of nitrogens with zero attached hydrogens (tertiary/aromatic N) is 1. The van der Waals surface area contributed by atoms with Crippen LogP contribution in [0.2, 0.25) is 0 Å². The molecule has 5 nitrogen and oxygen atoms in total. The van der Waals surface area contributed by atoms with Crippen molar-refractivity contribution in [2.24, 2.45) is 5.92 Å². The highest BCUT2D eigenvalue weighted by Crippen LogP contribution is 2.17. The molecule has 0 aliphatic carbocycles. The summed E-state index contributed by atoms with van der Waals surface area (Å²) in [5, 5.41) is 0. The van der Waals surface area contributed by atoms with E-state index in [1.165, 1.54) is 4.90 Å². The molecular formula is C17H29NO4. The van der Waals surface area contributed by atoms with E-state index in [1.54, 1.807) is 33.8 Å². The summed E-state index contributed by atoms with van der Waals surface area (Å²) >= 11 is 0. The van der Waals surface area contributed by atoms with Crippen molar-refractivity contribution >= 4 is 12.1 Å². The maximum Gasteiger partial charge on any atom is 0.410 e. The third-order valence-electron chi connectivity index (χ3n) is 2.66. The van der Waals surface area contributed by atoms with Crippen LogP contribution in [0.4, 0.5) is 4.79 Å². The largest absolute Gasteiger partial charge is 0.466 e. The highest BCUT2D eigenvalue weighted by molar-refractivity contribution is 5.75. The van der Waals surface area contributed by atoms with Crippen LogP contribution in [0.3, 0.4) is 0 Å². The lowest BCUT2D eigenvalue weighted by Crippen LogP contribution is -2.41. The van der Waals surface area contributed by atoms with Gasteiger partial charge in [-0.15, -0.1) is 13.2 Å². The van der Waals surface area contributed by atoms with Crippen molar-refractivity contribution in [1.29, 1.82) is 0 Å². The Labute approximate surface area is 134 Å². The van der Waals surface area contributed by atoms with E-state index in [0.29, 0.717) is 19.6 Å². The van der Waals surface area contributed by atoms with Crippen molar-refractivity contribution in [2.75, 3.05) is 19.7 Å². The van der Waals surface area contributed by atoms with Crippen molar-refractivity contribution in [3.8, 4) is 0 Å². The number of esters is 1. The quantitative estimate of drug-likeness (QED) is 0.508. The molecule has 1 unspecified atom stereocenters. The summed E-state index contributed by atoms with van der Waals surface area (Å²) in [7, 11) is 0. The lowest BCUT2D eigenvalue weighted by molar-refractivity contribution is -0.148. The van der Waals surface area contributed by atoms with Crippen LogP contribution >= 0.6 is 0 Å². The van der Waals surface area contributed by atoms with Crippen molar-refractivity contribution in [2.45, 2.75) is 46.6 Å². The molecule has 126 valence electrons. The molecule has 0 spiro atoms. The van der Waals surface area contributed by atoms with E-state index in [0.717, 1.165) is 5.57 Å². The molecule has 1 atom stereocenters. The fourth-order valence-corrected chi connectivity index (χ4v) is 1.88. The summed E-state index contributed by atoms with van der Waals surface area (Å²) in [5.41, 5.74) is 0.269. The smallest absolute Gasteiger partial charge is 0.410 e. The summed E-state index contributed by atoms with van der Waals surface area (Å²) in [6.45, 7) is 17.3. The van der Waals surface area contributed by atoms with E-state index in [1.807, 2.05) is 6.92 Å². The zero-order chi connectivity index (χ0) is 17.3. The fraction of sp³-hybridized carbons (Fsp3) is 0.647. The molecule has 5 heteroatoms. The Morgan fingerprint density at radius 2 is 1.91 bits per heavy atom. The minimum atomic E-state index is -0.593. The summed E-state index contributed by atoms with van der Waals surface area (Å²) in [6, 6.07) is 0. The maximum atomic E-state index is 12.2. The number of allylic oxidation sites excluding steroid dienone is 1. The zero-order valence-corrected chi connectivity index (χ0v) is 14.5. The number of amides is 1. The summed E-state index contributed by atoms with van der Waals surface area (Å²) in [5.74, 6) is -0.784. The normalized spacial score (nSPS) is 12.2. The van der Waals surface area contributed by atoms with Crippen LogP contribution in [0.15, 0.2) is 24.8 Å². The van der Waals surface area contributed by atoms with E-state index in [9.17, 15) is 9.59 Å². The van der Waals surface area contributed by atoms with Crippen LogP contribution in [0.25, 0.3) is 0 Å². The zero-order valence-electron chi connectivity index (χ0n) is 14.5. The van der Waals surface area contributed by atoms with Gasteiger partial charge in [-0.3, -0.25) is 4.79 Å². The monoisotopic (exact) mass is 311 g/mol. The third-order valence-corrected chi connectivity index (χ3v) is 2.66. The molecule has 0 bridgehead atoms. The molecule has 0 heterocycles. The van der Waals surface area contributed by atoms with Gasteiger partial charge in [-0.1, -0.05) is 11.6 Å². The molecule has 0 saturated carbocycles. The Bertz CT molecular complexity index is 409. The van der Waals surface area contributed by atoms with Crippen LogP contribution in [0.1, 0.15) is 41.0 Å². The first kappa shape index (κ1) is 20.2. The second kappa shape index (κ2) is 9.28. The summed E-state index contributed by atoms with van der Waals surface area (Å²) in [6.07, 6.45) is 1.60. The van der Waals surface area contributed by atoms with Gasteiger partial charge >= 0.3 is 12.1 Å². The van der Waals surface area contributed by atoms with Gasteiger partial charge in [0, 0.05) is 13.1 Å². The Hall–Kier alpha value is -1.78. The van der Waals surface area contributed by atoms with E-state index in [4.69, 9.17) is 9.47 Å². The molecule has 0 radical (unpaired) electrons. The van der Waals surface area contributed by atoms with Crippen molar-refractivity contribution in [3.63, 3.8) is 0 Å². The lowest BCUT2D eigenvalue weighted by atomic mass is 10.0. The first-order chi connectivity index (χ1) is 10.1. The van der Waals surface area contributed by atoms with Gasteiger partial charge in [-0.05, 0) is 41.0 Å². The minimum absolute atomic E-state index is 0.215. The molecule has 0 aromatic rings. The number of carbonyl (C=O) groups excluding carboxylic acids is 2. The average molecular weight is 311 g/mol. The Morgan fingerprint density at radius 1 is 1.32 bits per heavy atom. The SMILES string of the molecule is C=CCN(CC(CC(=C)C)C(=O)OCC)C(=O)OC(C)(C)C.